The third kappa shape index (κ3) is 2.77. The number of nitrogens with zero attached hydrogens (tertiary/aromatic N) is 1. The molecule has 6 nitrogen and oxygen atoms in total. The minimum atomic E-state index is -0.545. The van der Waals surface area contributed by atoms with Gasteiger partial charge in [-0.3, -0.25) is 4.79 Å². The van der Waals surface area contributed by atoms with Crippen LogP contribution < -0.4 is 10.9 Å². The summed E-state index contributed by atoms with van der Waals surface area (Å²) in [4.78, 5) is 24.3. The first-order valence-electron chi connectivity index (χ1n) is 8.15. The highest BCUT2D eigenvalue weighted by Crippen LogP contribution is 2.36. The topological polar surface area (TPSA) is 66.8 Å². The second kappa shape index (κ2) is 5.71. The number of fused-ring (bicyclic) bond motifs is 1. The summed E-state index contributed by atoms with van der Waals surface area (Å²) in [5.74, 6) is -0.545. The monoisotopic (exact) mass is 343 g/mol. The summed E-state index contributed by atoms with van der Waals surface area (Å²) >= 11 is 0. The van der Waals surface area contributed by atoms with E-state index >= 15 is 0 Å². The predicted molar refractivity (Wildman–Crippen MR) is 96.2 cm³/mol. The summed E-state index contributed by atoms with van der Waals surface area (Å²) in [5.41, 5.74) is 0.482. The molecule has 1 saturated heterocycles. The normalized spacial score (nSPS) is 18.6. The number of ether oxygens (including phenoxy) is 1. The molecule has 7 heteroatoms. The van der Waals surface area contributed by atoms with Gasteiger partial charge in [0.15, 0.2) is 5.43 Å². The molecule has 1 aliphatic heterocycles. The van der Waals surface area contributed by atoms with Crippen molar-refractivity contribution < 1.29 is 18.8 Å². The van der Waals surface area contributed by atoms with Crippen LogP contribution >= 0.6 is 0 Å². The van der Waals surface area contributed by atoms with Gasteiger partial charge in [-0.2, -0.15) is 0 Å². The van der Waals surface area contributed by atoms with Gasteiger partial charge in [0, 0.05) is 18.5 Å². The summed E-state index contributed by atoms with van der Waals surface area (Å²) in [7, 11) is 2.47. The van der Waals surface area contributed by atoms with Crippen molar-refractivity contribution in [1.82, 2.24) is 4.57 Å². The first kappa shape index (κ1) is 17.7. The Hall–Kier alpha value is -2.12. The Morgan fingerprint density at radius 3 is 2.28 bits per heavy atom. The molecule has 0 N–H and O–H groups in total. The van der Waals surface area contributed by atoms with Gasteiger partial charge >= 0.3 is 13.1 Å². The van der Waals surface area contributed by atoms with Gasteiger partial charge in [-0.25, -0.2) is 4.79 Å². The molecule has 0 amide bonds. The maximum absolute atomic E-state index is 12.5. The van der Waals surface area contributed by atoms with Crippen molar-refractivity contribution in [2.75, 3.05) is 7.11 Å². The van der Waals surface area contributed by atoms with E-state index in [1.54, 1.807) is 23.7 Å². The van der Waals surface area contributed by atoms with Gasteiger partial charge in [-0.15, -0.1) is 0 Å². The highest BCUT2D eigenvalue weighted by molar-refractivity contribution is 6.62. The standard InChI is InChI=1S/C18H22BNO5/c1-17(2)18(3,4)25-19(24-17)11-7-8-13-12(9-11)15(21)10-14(20(13)5)16(22)23-6/h7-10H,1-6H3. The van der Waals surface area contributed by atoms with Gasteiger partial charge in [-0.1, -0.05) is 6.07 Å². The van der Waals surface area contributed by atoms with Crippen LogP contribution in [0.2, 0.25) is 0 Å². The van der Waals surface area contributed by atoms with Crippen LogP contribution in [0.4, 0.5) is 0 Å². The van der Waals surface area contributed by atoms with E-state index in [9.17, 15) is 9.59 Å². The fourth-order valence-electron chi connectivity index (χ4n) is 2.90. The van der Waals surface area contributed by atoms with Crippen LogP contribution in [0, 0.1) is 0 Å². The van der Waals surface area contributed by atoms with Crippen molar-refractivity contribution in [1.29, 1.82) is 0 Å². The average molecular weight is 343 g/mol. The highest BCUT2D eigenvalue weighted by atomic mass is 16.7. The summed E-state index contributed by atoms with van der Waals surface area (Å²) in [6.45, 7) is 7.93. The average Bonchev–Trinajstić information content (AvgIpc) is 2.77. The molecule has 0 aliphatic carbocycles. The van der Waals surface area contributed by atoms with Crippen molar-refractivity contribution >= 4 is 29.5 Å². The van der Waals surface area contributed by atoms with Crippen molar-refractivity contribution in [3.8, 4) is 0 Å². The predicted octanol–water partition coefficient (Wildman–Crippen LogP) is 1.62. The molecular formula is C18H22BNO5. The fourth-order valence-corrected chi connectivity index (χ4v) is 2.90. The molecule has 1 aromatic carbocycles. The number of hydrogen-bond acceptors (Lipinski definition) is 5. The maximum atomic E-state index is 12.5. The summed E-state index contributed by atoms with van der Waals surface area (Å²) in [6.07, 6.45) is 0. The van der Waals surface area contributed by atoms with Crippen molar-refractivity contribution in [3.05, 3.63) is 40.2 Å². The van der Waals surface area contributed by atoms with Crippen molar-refractivity contribution in [2.24, 2.45) is 7.05 Å². The van der Waals surface area contributed by atoms with Crippen molar-refractivity contribution in [3.63, 3.8) is 0 Å². The second-order valence-electron chi connectivity index (χ2n) is 7.31. The van der Waals surface area contributed by atoms with Gasteiger partial charge in [0.2, 0.25) is 0 Å². The Morgan fingerprint density at radius 2 is 1.72 bits per heavy atom. The van der Waals surface area contributed by atoms with E-state index in [1.807, 2.05) is 33.8 Å². The van der Waals surface area contributed by atoms with Crippen LogP contribution in [-0.4, -0.2) is 36.0 Å². The number of esters is 1. The molecule has 1 fully saturated rings. The van der Waals surface area contributed by atoms with Crippen LogP contribution in [-0.2, 0) is 21.1 Å². The number of pyridine rings is 1. The Kier molecular flexibility index (Phi) is 4.04. The van der Waals surface area contributed by atoms with E-state index < -0.39 is 24.3 Å². The summed E-state index contributed by atoms with van der Waals surface area (Å²) in [6, 6.07) is 6.71. The van der Waals surface area contributed by atoms with Crippen LogP contribution in [0.15, 0.2) is 29.1 Å². The minimum Gasteiger partial charge on any atom is -0.464 e. The van der Waals surface area contributed by atoms with E-state index in [-0.39, 0.29) is 11.1 Å². The molecule has 2 aromatic rings. The molecule has 25 heavy (non-hydrogen) atoms. The number of carbonyl (C=O) groups excluding carboxylic acids is 1. The van der Waals surface area contributed by atoms with Crippen LogP contribution in [0.3, 0.4) is 0 Å². The zero-order valence-electron chi connectivity index (χ0n) is 15.4. The number of hydrogen-bond donors (Lipinski definition) is 0. The number of carbonyl (C=O) groups is 1. The third-order valence-electron chi connectivity index (χ3n) is 5.20. The number of benzene rings is 1. The first-order chi connectivity index (χ1) is 11.6. The molecule has 1 aliphatic rings. The van der Waals surface area contributed by atoms with Gasteiger partial charge < -0.3 is 18.6 Å². The smallest absolute Gasteiger partial charge is 0.464 e. The molecular weight excluding hydrogens is 321 g/mol. The lowest BCUT2D eigenvalue weighted by molar-refractivity contribution is 0.00578. The fraction of sp³-hybridized carbons (Fsp3) is 0.444. The number of aromatic nitrogens is 1. The molecule has 0 saturated carbocycles. The van der Waals surface area contributed by atoms with E-state index in [0.717, 1.165) is 5.46 Å². The van der Waals surface area contributed by atoms with E-state index in [2.05, 4.69) is 0 Å². The molecule has 132 valence electrons. The third-order valence-corrected chi connectivity index (χ3v) is 5.20. The van der Waals surface area contributed by atoms with Crippen LogP contribution in [0.1, 0.15) is 38.2 Å². The van der Waals surface area contributed by atoms with E-state index in [0.29, 0.717) is 10.9 Å². The van der Waals surface area contributed by atoms with Crippen LogP contribution in [0.5, 0.6) is 0 Å². The van der Waals surface area contributed by atoms with Gasteiger partial charge in [0.05, 0.1) is 23.8 Å². The molecule has 3 rings (SSSR count). The molecule has 0 spiro atoms. The van der Waals surface area contributed by atoms with Gasteiger partial charge in [-0.05, 0) is 45.3 Å². The lowest BCUT2D eigenvalue weighted by Gasteiger charge is -2.32. The molecule has 0 radical (unpaired) electrons. The lowest BCUT2D eigenvalue weighted by atomic mass is 9.78. The Bertz CT molecular complexity index is 900. The van der Waals surface area contributed by atoms with Crippen molar-refractivity contribution in [2.45, 2.75) is 38.9 Å². The lowest BCUT2D eigenvalue weighted by Crippen LogP contribution is -2.41. The molecule has 0 unspecified atom stereocenters. The zero-order valence-corrected chi connectivity index (χ0v) is 15.4. The number of aryl methyl sites for hydroxylation is 1. The molecule has 2 heterocycles. The van der Waals surface area contributed by atoms with Gasteiger partial charge in [0.1, 0.15) is 5.69 Å². The Labute approximate surface area is 146 Å². The Morgan fingerprint density at radius 1 is 1.12 bits per heavy atom. The SMILES string of the molecule is COC(=O)c1cc(=O)c2cc(B3OC(C)(C)C(C)(C)O3)ccc2n1C. The highest BCUT2D eigenvalue weighted by Gasteiger charge is 2.51. The summed E-state index contributed by atoms with van der Waals surface area (Å²) < 4.78 is 18.5. The Balaban J connectivity index is 2.09. The zero-order chi connectivity index (χ0) is 18.6. The summed E-state index contributed by atoms with van der Waals surface area (Å²) in [5, 5.41) is 0.502. The van der Waals surface area contributed by atoms with E-state index in [4.69, 9.17) is 14.0 Å². The quantitative estimate of drug-likeness (QED) is 0.612. The van der Waals surface area contributed by atoms with Gasteiger partial charge in [0.25, 0.3) is 0 Å². The maximum Gasteiger partial charge on any atom is 0.494 e. The number of rotatable bonds is 2. The molecule has 1 aromatic heterocycles. The largest absolute Gasteiger partial charge is 0.494 e. The molecule has 0 bridgehead atoms. The number of methoxy groups -OCH3 is 1. The molecule has 0 atom stereocenters. The minimum absolute atomic E-state index is 0.211. The second-order valence-corrected chi connectivity index (χ2v) is 7.31. The first-order valence-corrected chi connectivity index (χ1v) is 8.15. The van der Waals surface area contributed by atoms with E-state index in [1.165, 1.54) is 13.2 Å². The van der Waals surface area contributed by atoms with Crippen LogP contribution in [0.25, 0.3) is 10.9 Å².